The number of aliphatic hydroxyl groups is 1. The van der Waals surface area contributed by atoms with Gasteiger partial charge in [-0.05, 0) is 49.3 Å². The third-order valence-corrected chi connectivity index (χ3v) is 7.12. The van der Waals surface area contributed by atoms with E-state index in [0.717, 1.165) is 12.8 Å². The highest BCUT2D eigenvalue weighted by atomic mass is 31.2. The molecule has 1 aromatic rings. The summed E-state index contributed by atoms with van der Waals surface area (Å²) in [6, 6.07) is 6.30. The fraction of sp³-hybridized carbons (Fsp3) is 0.684. The Morgan fingerprint density at radius 1 is 1.21 bits per heavy atom. The molecule has 0 spiro atoms. The van der Waals surface area contributed by atoms with Crippen molar-refractivity contribution in [1.29, 1.82) is 0 Å². The average molecular weight is 353 g/mol. The molecule has 5 heteroatoms. The van der Waals surface area contributed by atoms with Gasteiger partial charge in [-0.3, -0.25) is 4.57 Å². The van der Waals surface area contributed by atoms with Crippen LogP contribution in [-0.2, 0) is 11.1 Å². The Kier molecular flexibility index (Phi) is 7.49. The van der Waals surface area contributed by atoms with Crippen LogP contribution in [0.1, 0.15) is 48.8 Å². The monoisotopic (exact) mass is 353 g/mol. The molecule has 1 aliphatic rings. The van der Waals surface area contributed by atoms with E-state index in [4.69, 9.17) is 0 Å². The van der Waals surface area contributed by atoms with Crippen molar-refractivity contribution in [2.45, 2.75) is 58.6 Å². The van der Waals surface area contributed by atoms with Crippen LogP contribution >= 0.6 is 7.37 Å². The maximum absolute atomic E-state index is 12.4. The highest BCUT2D eigenvalue weighted by Gasteiger charge is 2.27. The molecule has 1 aliphatic carbocycles. The fourth-order valence-corrected chi connectivity index (χ4v) is 5.65. The van der Waals surface area contributed by atoms with Gasteiger partial charge in [-0.1, -0.05) is 37.5 Å². The van der Waals surface area contributed by atoms with Crippen molar-refractivity contribution in [2.75, 3.05) is 18.9 Å². The third kappa shape index (κ3) is 6.68. The summed E-state index contributed by atoms with van der Waals surface area (Å²) in [5.74, 6) is 0.366. The predicted molar refractivity (Wildman–Crippen MR) is 99.8 cm³/mol. The lowest BCUT2D eigenvalue weighted by Crippen LogP contribution is -2.30. The van der Waals surface area contributed by atoms with Gasteiger partial charge >= 0.3 is 0 Å². The Morgan fingerprint density at radius 3 is 2.58 bits per heavy atom. The number of benzene rings is 1. The molecule has 0 bridgehead atoms. The zero-order valence-electron chi connectivity index (χ0n) is 15.0. The summed E-state index contributed by atoms with van der Waals surface area (Å²) in [5, 5.41) is 13.3. The average Bonchev–Trinajstić information content (AvgIpc) is 2.50. The zero-order valence-corrected chi connectivity index (χ0v) is 15.9. The van der Waals surface area contributed by atoms with Crippen molar-refractivity contribution in [1.82, 2.24) is 5.32 Å². The molecule has 1 aromatic carbocycles. The highest BCUT2D eigenvalue weighted by molar-refractivity contribution is 7.58. The summed E-state index contributed by atoms with van der Waals surface area (Å²) in [5.41, 5.74) is 3.68. The molecule has 1 fully saturated rings. The summed E-state index contributed by atoms with van der Waals surface area (Å²) in [6.45, 7) is 5.18. The third-order valence-electron chi connectivity index (χ3n) is 5.04. The number of nitrogens with one attached hydrogen (secondary N) is 1. The molecule has 3 N–H and O–H groups in total. The molecule has 0 aromatic heterocycles. The van der Waals surface area contributed by atoms with Gasteiger partial charge in [-0.2, -0.15) is 0 Å². The molecule has 1 unspecified atom stereocenters. The van der Waals surface area contributed by atoms with Gasteiger partial charge in [-0.25, -0.2) is 0 Å². The van der Waals surface area contributed by atoms with E-state index in [9.17, 15) is 14.6 Å². The lowest BCUT2D eigenvalue weighted by molar-refractivity contribution is 0.189. The van der Waals surface area contributed by atoms with E-state index in [2.05, 4.69) is 37.4 Å². The number of aliphatic hydroxyl groups excluding tert-OH is 1. The van der Waals surface area contributed by atoms with Crippen LogP contribution in [0.25, 0.3) is 0 Å². The Bertz CT molecular complexity index is 570. The first kappa shape index (κ1) is 19.7. The SMILES string of the molecule is Cc1ccc(CNC[C@@H](O)CP(=O)(O)CC2CCCCC2)cc1C. The quantitative estimate of drug-likeness (QED) is 0.625. The van der Waals surface area contributed by atoms with E-state index in [1.807, 2.05) is 0 Å². The smallest absolute Gasteiger partial charge is 0.203 e. The van der Waals surface area contributed by atoms with Crippen molar-refractivity contribution in [3.05, 3.63) is 34.9 Å². The topological polar surface area (TPSA) is 69.6 Å². The first-order chi connectivity index (χ1) is 11.4. The second kappa shape index (κ2) is 9.15. The summed E-state index contributed by atoms with van der Waals surface area (Å²) in [7, 11) is -3.23. The Hall–Kier alpha value is -0.670. The van der Waals surface area contributed by atoms with Crippen LogP contribution in [0.2, 0.25) is 0 Å². The van der Waals surface area contributed by atoms with Crippen LogP contribution < -0.4 is 5.32 Å². The number of aryl methyl sites for hydroxylation is 2. The molecule has 2 rings (SSSR count). The summed E-state index contributed by atoms with van der Waals surface area (Å²) >= 11 is 0. The van der Waals surface area contributed by atoms with E-state index in [0.29, 0.717) is 25.2 Å². The second-order valence-electron chi connectivity index (χ2n) is 7.42. The number of rotatable bonds is 8. The molecule has 0 aliphatic heterocycles. The predicted octanol–water partition coefficient (Wildman–Crippen LogP) is 3.60. The minimum absolute atomic E-state index is 0.00340. The molecular formula is C19H32NO3P. The minimum atomic E-state index is -3.23. The van der Waals surface area contributed by atoms with Gasteiger partial charge in [0, 0.05) is 19.3 Å². The first-order valence-corrected chi connectivity index (χ1v) is 11.1. The second-order valence-corrected chi connectivity index (χ2v) is 9.84. The number of hydrogen-bond acceptors (Lipinski definition) is 3. The lowest BCUT2D eigenvalue weighted by Gasteiger charge is -2.25. The lowest BCUT2D eigenvalue weighted by atomic mass is 9.91. The molecule has 0 radical (unpaired) electrons. The van der Waals surface area contributed by atoms with E-state index < -0.39 is 13.5 Å². The molecule has 0 heterocycles. The first-order valence-electron chi connectivity index (χ1n) is 9.11. The zero-order chi connectivity index (χ0) is 17.6. The minimum Gasteiger partial charge on any atom is -0.391 e. The van der Waals surface area contributed by atoms with E-state index in [1.54, 1.807) is 0 Å². The maximum Gasteiger partial charge on any atom is 0.203 e. The van der Waals surface area contributed by atoms with Crippen LogP contribution in [0.5, 0.6) is 0 Å². The van der Waals surface area contributed by atoms with Gasteiger partial charge in [0.2, 0.25) is 7.37 Å². The largest absolute Gasteiger partial charge is 0.391 e. The van der Waals surface area contributed by atoms with Gasteiger partial charge in [0.05, 0.1) is 12.3 Å². The molecule has 1 saturated carbocycles. The standard InChI is InChI=1S/C19H32NO3P/c1-15-8-9-18(10-16(15)2)11-20-12-19(21)14-24(22,23)13-17-6-4-3-5-7-17/h8-10,17,19-21H,3-7,11-14H2,1-2H3,(H,22,23)/t19-/m1/s1. The van der Waals surface area contributed by atoms with Crippen LogP contribution in [0.15, 0.2) is 18.2 Å². The van der Waals surface area contributed by atoms with Gasteiger partial charge < -0.3 is 15.3 Å². The summed E-state index contributed by atoms with van der Waals surface area (Å²) < 4.78 is 12.4. The van der Waals surface area contributed by atoms with Crippen LogP contribution in [0.4, 0.5) is 0 Å². The van der Waals surface area contributed by atoms with Crippen LogP contribution in [-0.4, -0.2) is 35.0 Å². The number of hydrogen-bond donors (Lipinski definition) is 3. The van der Waals surface area contributed by atoms with Crippen LogP contribution in [0.3, 0.4) is 0 Å². The van der Waals surface area contributed by atoms with Crippen molar-refractivity contribution in [3.8, 4) is 0 Å². The molecule has 136 valence electrons. The van der Waals surface area contributed by atoms with Gasteiger partial charge in [0.25, 0.3) is 0 Å². The maximum atomic E-state index is 12.4. The van der Waals surface area contributed by atoms with Crippen LogP contribution in [0, 0.1) is 19.8 Å². The molecule has 0 saturated heterocycles. The van der Waals surface area contributed by atoms with Crippen molar-refractivity contribution < 1.29 is 14.6 Å². The van der Waals surface area contributed by atoms with Crippen molar-refractivity contribution in [2.24, 2.45) is 5.92 Å². The van der Waals surface area contributed by atoms with E-state index >= 15 is 0 Å². The highest BCUT2D eigenvalue weighted by Crippen LogP contribution is 2.45. The Labute approximate surface area is 146 Å². The fourth-order valence-electron chi connectivity index (χ4n) is 3.54. The van der Waals surface area contributed by atoms with Gasteiger partial charge in [0.1, 0.15) is 0 Å². The van der Waals surface area contributed by atoms with Gasteiger partial charge in [0.15, 0.2) is 0 Å². The molecule has 4 nitrogen and oxygen atoms in total. The molecule has 24 heavy (non-hydrogen) atoms. The molecule has 2 atom stereocenters. The van der Waals surface area contributed by atoms with Crippen molar-refractivity contribution in [3.63, 3.8) is 0 Å². The van der Waals surface area contributed by atoms with E-state index in [-0.39, 0.29) is 6.16 Å². The molecular weight excluding hydrogens is 321 g/mol. The van der Waals surface area contributed by atoms with E-state index in [1.165, 1.54) is 36.0 Å². The Balaban J connectivity index is 1.72. The summed E-state index contributed by atoms with van der Waals surface area (Å²) in [6.07, 6.45) is 5.32. The molecule has 0 amide bonds. The normalized spacial score (nSPS) is 19.8. The summed E-state index contributed by atoms with van der Waals surface area (Å²) in [4.78, 5) is 10.2. The van der Waals surface area contributed by atoms with Gasteiger partial charge in [-0.15, -0.1) is 0 Å². The Morgan fingerprint density at radius 2 is 1.92 bits per heavy atom. The van der Waals surface area contributed by atoms with Crippen molar-refractivity contribution >= 4 is 7.37 Å².